The average Bonchev–Trinajstić information content (AvgIpc) is 2.31. The molecule has 0 bridgehead atoms. The van der Waals surface area contributed by atoms with Gasteiger partial charge in [0.05, 0.1) is 0 Å². The zero-order valence-electron chi connectivity index (χ0n) is 10.7. The van der Waals surface area contributed by atoms with Crippen molar-refractivity contribution in [3.05, 3.63) is 12.4 Å². The van der Waals surface area contributed by atoms with Gasteiger partial charge < -0.3 is 10.2 Å². The van der Waals surface area contributed by atoms with Gasteiger partial charge in [0.1, 0.15) is 18.0 Å². The molecule has 0 amide bonds. The van der Waals surface area contributed by atoms with Crippen LogP contribution in [-0.4, -0.2) is 29.6 Å². The smallest absolute Gasteiger partial charge is 0.134 e. The third kappa shape index (κ3) is 3.08. The van der Waals surface area contributed by atoms with Crippen molar-refractivity contribution in [2.45, 2.75) is 39.7 Å². The van der Waals surface area contributed by atoms with Crippen LogP contribution >= 0.6 is 0 Å². The lowest BCUT2D eigenvalue weighted by molar-refractivity contribution is 0.586. The van der Waals surface area contributed by atoms with Crippen LogP contribution in [0.2, 0.25) is 0 Å². The van der Waals surface area contributed by atoms with Crippen molar-refractivity contribution in [2.24, 2.45) is 0 Å². The summed E-state index contributed by atoms with van der Waals surface area (Å²) < 4.78 is 0. The lowest BCUT2D eigenvalue weighted by Crippen LogP contribution is -2.31. The molecule has 0 radical (unpaired) electrons. The largest absolute Gasteiger partial charge is 0.370 e. The zero-order valence-corrected chi connectivity index (χ0v) is 10.7. The second-order valence-electron chi connectivity index (χ2n) is 3.87. The fourth-order valence-electron chi connectivity index (χ4n) is 1.84. The highest BCUT2D eigenvalue weighted by Crippen LogP contribution is 2.17. The van der Waals surface area contributed by atoms with Crippen LogP contribution in [0.5, 0.6) is 0 Å². The van der Waals surface area contributed by atoms with Gasteiger partial charge in [-0.1, -0.05) is 13.8 Å². The molecule has 16 heavy (non-hydrogen) atoms. The molecule has 0 fully saturated rings. The summed E-state index contributed by atoms with van der Waals surface area (Å²) in [5, 5.41) is 3.20. The first-order valence-electron chi connectivity index (χ1n) is 6.01. The van der Waals surface area contributed by atoms with Gasteiger partial charge in [-0.3, -0.25) is 0 Å². The van der Waals surface area contributed by atoms with Crippen molar-refractivity contribution in [1.82, 2.24) is 9.97 Å². The van der Waals surface area contributed by atoms with Gasteiger partial charge in [0.15, 0.2) is 0 Å². The Labute approximate surface area is 98.1 Å². The van der Waals surface area contributed by atoms with Gasteiger partial charge in [-0.15, -0.1) is 0 Å². The molecule has 1 aromatic heterocycles. The van der Waals surface area contributed by atoms with E-state index in [0.717, 1.165) is 31.0 Å². The molecule has 0 aliphatic heterocycles. The highest BCUT2D eigenvalue weighted by molar-refractivity contribution is 5.48. The molecule has 90 valence electrons. The summed E-state index contributed by atoms with van der Waals surface area (Å²) in [6, 6.07) is 2.55. The van der Waals surface area contributed by atoms with Crippen LogP contribution in [0.25, 0.3) is 0 Å². The molecule has 0 saturated heterocycles. The molecule has 4 heteroatoms. The molecule has 0 saturated carbocycles. The van der Waals surface area contributed by atoms with Crippen LogP contribution in [0.3, 0.4) is 0 Å². The molecule has 0 aliphatic rings. The number of nitrogens with zero attached hydrogens (tertiary/aromatic N) is 3. The number of aromatic nitrogens is 2. The molecule has 1 N–H and O–H groups in total. The van der Waals surface area contributed by atoms with Crippen molar-refractivity contribution in [3.63, 3.8) is 0 Å². The summed E-state index contributed by atoms with van der Waals surface area (Å²) in [6.07, 6.45) is 3.88. The van der Waals surface area contributed by atoms with Gasteiger partial charge in [0.2, 0.25) is 0 Å². The zero-order chi connectivity index (χ0) is 12.0. The van der Waals surface area contributed by atoms with Crippen molar-refractivity contribution >= 4 is 11.6 Å². The summed E-state index contributed by atoms with van der Waals surface area (Å²) in [5.41, 5.74) is 0. The normalized spacial score (nSPS) is 10.6. The van der Waals surface area contributed by atoms with E-state index in [0.29, 0.717) is 6.04 Å². The molecule has 0 aromatic carbocycles. The summed E-state index contributed by atoms with van der Waals surface area (Å²) in [5.74, 6) is 1.88. The van der Waals surface area contributed by atoms with E-state index < -0.39 is 0 Å². The second-order valence-corrected chi connectivity index (χ2v) is 3.87. The van der Waals surface area contributed by atoms with Crippen molar-refractivity contribution in [1.29, 1.82) is 0 Å². The Morgan fingerprint density at radius 2 is 1.94 bits per heavy atom. The van der Waals surface area contributed by atoms with Crippen LogP contribution in [0.1, 0.15) is 33.6 Å². The van der Waals surface area contributed by atoms with Gasteiger partial charge in [-0.25, -0.2) is 9.97 Å². The van der Waals surface area contributed by atoms with Gasteiger partial charge in [-0.05, 0) is 19.8 Å². The maximum atomic E-state index is 4.31. The summed E-state index contributed by atoms with van der Waals surface area (Å²) in [7, 11) is 2.09. The molecule has 1 aromatic rings. The number of anilines is 2. The van der Waals surface area contributed by atoms with Crippen molar-refractivity contribution in [2.75, 3.05) is 23.8 Å². The second kappa shape index (κ2) is 6.30. The number of nitrogens with one attached hydrogen (secondary N) is 1. The monoisotopic (exact) mass is 222 g/mol. The maximum Gasteiger partial charge on any atom is 0.134 e. The van der Waals surface area contributed by atoms with Crippen molar-refractivity contribution in [3.8, 4) is 0 Å². The molecule has 0 aliphatic carbocycles. The third-order valence-corrected chi connectivity index (χ3v) is 2.86. The standard InChI is InChI=1S/C12H22N4/c1-5-10(6-2)16(4)12-8-11(13-7-3)14-9-15-12/h8-10H,5-7H2,1-4H3,(H,13,14,15). The van der Waals surface area contributed by atoms with E-state index in [-0.39, 0.29) is 0 Å². The van der Waals surface area contributed by atoms with Gasteiger partial charge >= 0.3 is 0 Å². The average molecular weight is 222 g/mol. The molecule has 4 nitrogen and oxygen atoms in total. The van der Waals surface area contributed by atoms with Gasteiger partial charge in [0.25, 0.3) is 0 Å². The lowest BCUT2D eigenvalue weighted by Gasteiger charge is -2.27. The minimum Gasteiger partial charge on any atom is -0.370 e. The topological polar surface area (TPSA) is 41.0 Å². The number of hydrogen-bond acceptors (Lipinski definition) is 4. The molecule has 0 unspecified atom stereocenters. The SMILES string of the molecule is CCNc1cc(N(C)C(CC)CC)ncn1. The van der Waals surface area contributed by atoms with Gasteiger partial charge in [-0.2, -0.15) is 0 Å². The van der Waals surface area contributed by atoms with E-state index >= 15 is 0 Å². The molecular weight excluding hydrogens is 200 g/mol. The van der Waals surface area contributed by atoms with E-state index in [9.17, 15) is 0 Å². The fraction of sp³-hybridized carbons (Fsp3) is 0.667. The summed E-state index contributed by atoms with van der Waals surface area (Å²) >= 11 is 0. The van der Waals surface area contributed by atoms with Gasteiger partial charge in [0, 0.05) is 25.7 Å². The van der Waals surface area contributed by atoms with E-state index in [1.807, 2.05) is 6.07 Å². The Hall–Kier alpha value is -1.32. The van der Waals surface area contributed by atoms with E-state index in [2.05, 4.69) is 48.0 Å². The van der Waals surface area contributed by atoms with E-state index in [1.54, 1.807) is 6.33 Å². The third-order valence-electron chi connectivity index (χ3n) is 2.86. The highest BCUT2D eigenvalue weighted by Gasteiger charge is 2.12. The van der Waals surface area contributed by atoms with Crippen LogP contribution in [-0.2, 0) is 0 Å². The Balaban J connectivity index is 2.81. The predicted octanol–water partition coefficient (Wildman–Crippen LogP) is 2.53. The summed E-state index contributed by atoms with van der Waals surface area (Å²) in [6.45, 7) is 7.35. The Morgan fingerprint density at radius 1 is 1.25 bits per heavy atom. The Kier molecular flexibility index (Phi) is 5.02. The van der Waals surface area contributed by atoms with Crippen molar-refractivity contribution < 1.29 is 0 Å². The Morgan fingerprint density at radius 3 is 2.50 bits per heavy atom. The van der Waals surface area contributed by atoms with Crippen LogP contribution < -0.4 is 10.2 Å². The highest BCUT2D eigenvalue weighted by atomic mass is 15.2. The quantitative estimate of drug-likeness (QED) is 0.803. The minimum atomic E-state index is 0.546. The summed E-state index contributed by atoms with van der Waals surface area (Å²) in [4.78, 5) is 10.7. The molecule has 1 heterocycles. The minimum absolute atomic E-state index is 0.546. The van der Waals surface area contributed by atoms with E-state index in [1.165, 1.54) is 0 Å². The first-order valence-corrected chi connectivity index (χ1v) is 6.01. The molecule has 1 rings (SSSR count). The molecule has 0 atom stereocenters. The predicted molar refractivity (Wildman–Crippen MR) is 69.0 cm³/mol. The van der Waals surface area contributed by atoms with Crippen LogP contribution in [0.15, 0.2) is 12.4 Å². The number of rotatable bonds is 6. The van der Waals surface area contributed by atoms with Crippen LogP contribution in [0.4, 0.5) is 11.6 Å². The lowest BCUT2D eigenvalue weighted by atomic mass is 10.1. The molecular formula is C12H22N4. The Bertz CT molecular complexity index is 310. The maximum absolute atomic E-state index is 4.31. The number of hydrogen-bond donors (Lipinski definition) is 1. The fourth-order valence-corrected chi connectivity index (χ4v) is 1.84. The molecule has 0 spiro atoms. The first kappa shape index (κ1) is 12.7. The van der Waals surface area contributed by atoms with E-state index in [4.69, 9.17) is 0 Å². The van der Waals surface area contributed by atoms with Crippen LogP contribution in [0, 0.1) is 0 Å². The first-order chi connectivity index (χ1) is 7.72.